The fraction of sp³-hybridized carbons (Fsp3) is 0.318. The minimum Gasteiger partial charge on any atom is -0.373 e. The summed E-state index contributed by atoms with van der Waals surface area (Å²) in [6, 6.07) is 14.1. The Hall–Kier alpha value is -3.59. The predicted octanol–water partition coefficient (Wildman–Crippen LogP) is 3.21. The number of fused-ring (bicyclic) bond motifs is 1. The van der Waals surface area contributed by atoms with Gasteiger partial charge in [-0.05, 0) is 40.3 Å². The lowest BCUT2D eigenvalue weighted by molar-refractivity contribution is 0.0249. The van der Waals surface area contributed by atoms with Crippen LogP contribution in [0.25, 0.3) is 11.3 Å². The van der Waals surface area contributed by atoms with Crippen molar-refractivity contribution in [3.8, 4) is 0 Å². The lowest BCUT2D eigenvalue weighted by Gasteiger charge is -2.33. The number of rotatable bonds is 7. The van der Waals surface area contributed by atoms with Crippen molar-refractivity contribution < 1.29 is 9.37 Å². The van der Waals surface area contributed by atoms with Gasteiger partial charge in [0.25, 0.3) is 0 Å². The third-order valence-corrected chi connectivity index (χ3v) is 5.35. The highest BCUT2D eigenvalue weighted by Crippen LogP contribution is 2.28. The van der Waals surface area contributed by atoms with Crippen LogP contribution in [-0.2, 0) is 17.9 Å². The molecule has 1 saturated heterocycles. The van der Waals surface area contributed by atoms with Gasteiger partial charge >= 0.3 is 0 Å². The second-order valence-electron chi connectivity index (χ2n) is 7.51. The molecule has 31 heavy (non-hydrogen) atoms. The molecule has 0 amide bonds. The van der Waals surface area contributed by atoms with E-state index in [1.807, 2.05) is 36.5 Å². The summed E-state index contributed by atoms with van der Waals surface area (Å²) in [4.78, 5) is 15.6. The molecule has 0 radical (unpaired) electrons. The smallest absolute Gasteiger partial charge is 0.245 e. The Bertz CT molecular complexity index is 1110. The zero-order chi connectivity index (χ0) is 20.9. The Morgan fingerprint density at radius 3 is 2.52 bits per heavy atom. The number of piperidine rings is 1. The van der Waals surface area contributed by atoms with Crippen LogP contribution in [-0.4, -0.2) is 44.5 Å². The molecule has 4 aromatic rings. The summed E-state index contributed by atoms with van der Waals surface area (Å²) < 4.78 is 10.9. The van der Waals surface area contributed by atoms with Gasteiger partial charge in [-0.3, -0.25) is 4.98 Å². The van der Waals surface area contributed by atoms with Crippen molar-refractivity contribution in [2.75, 3.05) is 23.3 Å². The van der Waals surface area contributed by atoms with E-state index in [1.165, 1.54) is 0 Å². The first kappa shape index (κ1) is 19.4. The number of nitrogens with zero attached hydrogens (tertiary/aromatic N) is 6. The number of benzene rings is 1. The summed E-state index contributed by atoms with van der Waals surface area (Å²) in [5.74, 6) is 1.45. The van der Waals surface area contributed by atoms with Crippen LogP contribution in [0.1, 0.15) is 24.0 Å². The van der Waals surface area contributed by atoms with E-state index < -0.39 is 0 Å². The van der Waals surface area contributed by atoms with Crippen LogP contribution in [0.4, 0.5) is 11.6 Å². The van der Waals surface area contributed by atoms with Gasteiger partial charge < -0.3 is 15.0 Å². The standard InChI is InChI=1S/C22H23N7O2/c1-2-5-16(6-3-1)14-24-21-22(26-20-19(25-21)27-31-28-20)29-11-8-18(9-12-29)30-15-17-7-4-10-23-13-17/h1-7,10,13,18H,8-9,11-12,14-15H2,(H,24,25,27). The normalized spacial score (nSPS) is 14.8. The largest absolute Gasteiger partial charge is 0.373 e. The lowest BCUT2D eigenvalue weighted by Crippen LogP contribution is -2.38. The first-order chi connectivity index (χ1) is 15.3. The van der Waals surface area contributed by atoms with Crippen molar-refractivity contribution in [2.45, 2.75) is 32.1 Å². The lowest BCUT2D eigenvalue weighted by atomic mass is 10.1. The van der Waals surface area contributed by atoms with E-state index in [0.29, 0.717) is 30.3 Å². The molecule has 1 aromatic carbocycles. The average molecular weight is 417 g/mol. The monoisotopic (exact) mass is 417 g/mol. The van der Waals surface area contributed by atoms with Gasteiger partial charge in [0.1, 0.15) is 0 Å². The van der Waals surface area contributed by atoms with Crippen LogP contribution in [0.3, 0.4) is 0 Å². The molecule has 9 heteroatoms. The van der Waals surface area contributed by atoms with Gasteiger partial charge in [-0.25, -0.2) is 14.6 Å². The molecule has 0 bridgehead atoms. The highest BCUT2D eigenvalue weighted by molar-refractivity contribution is 5.74. The summed E-state index contributed by atoms with van der Waals surface area (Å²) in [5.41, 5.74) is 3.06. The van der Waals surface area contributed by atoms with Crippen LogP contribution in [0.2, 0.25) is 0 Å². The molecule has 5 rings (SSSR count). The van der Waals surface area contributed by atoms with Crippen LogP contribution >= 0.6 is 0 Å². The molecule has 4 heterocycles. The van der Waals surface area contributed by atoms with E-state index in [0.717, 1.165) is 42.9 Å². The maximum Gasteiger partial charge on any atom is 0.245 e. The van der Waals surface area contributed by atoms with Crippen LogP contribution < -0.4 is 10.2 Å². The highest BCUT2D eigenvalue weighted by Gasteiger charge is 2.24. The number of ether oxygens (including phenoxy) is 1. The van der Waals surface area contributed by atoms with E-state index in [1.54, 1.807) is 6.20 Å². The summed E-state index contributed by atoms with van der Waals surface area (Å²) >= 11 is 0. The summed E-state index contributed by atoms with van der Waals surface area (Å²) in [6.45, 7) is 2.87. The number of hydrogen-bond donors (Lipinski definition) is 1. The van der Waals surface area contributed by atoms with Crippen molar-refractivity contribution in [3.05, 3.63) is 66.0 Å². The fourth-order valence-electron chi connectivity index (χ4n) is 3.68. The summed E-state index contributed by atoms with van der Waals surface area (Å²) in [6.07, 6.45) is 5.65. The molecule has 9 nitrogen and oxygen atoms in total. The molecule has 0 atom stereocenters. The topological polar surface area (TPSA) is 102 Å². The SMILES string of the molecule is c1ccc(CNc2nc3nonc3nc2N2CCC(OCc3cccnc3)CC2)cc1. The molecule has 0 aliphatic carbocycles. The average Bonchev–Trinajstić information content (AvgIpc) is 3.30. The zero-order valence-corrected chi connectivity index (χ0v) is 17.0. The molecule has 3 aromatic heterocycles. The van der Waals surface area contributed by atoms with Gasteiger partial charge in [-0.1, -0.05) is 36.4 Å². The number of aromatic nitrogens is 5. The van der Waals surface area contributed by atoms with Crippen LogP contribution in [0, 0.1) is 0 Å². The maximum atomic E-state index is 6.09. The molecule has 1 fully saturated rings. The second kappa shape index (κ2) is 9.05. The van der Waals surface area contributed by atoms with Gasteiger partial charge in [0.15, 0.2) is 11.6 Å². The number of anilines is 2. The minimum atomic E-state index is 0.211. The van der Waals surface area contributed by atoms with Gasteiger partial charge in [0.2, 0.25) is 11.3 Å². The third kappa shape index (κ3) is 4.61. The Kier molecular flexibility index (Phi) is 5.66. The Morgan fingerprint density at radius 1 is 0.968 bits per heavy atom. The molecule has 1 aliphatic heterocycles. The van der Waals surface area contributed by atoms with E-state index in [2.05, 4.69) is 47.6 Å². The Morgan fingerprint density at radius 2 is 1.74 bits per heavy atom. The van der Waals surface area contributed by atoms with Crippen molar-refractivity contribution in [2.24, 2.45) is 0 Å². The van der Waals surface area contributed by atoms with Gasteiger partial charge in [-0.15, -0.1) is 0 Å². The van der Waals surface area contributed by atoms with Gasteiger partial charge in [-0.2, -0.15) is 0 Å². The fourth-order valence-corrected chi connectivity index (χ4v) is 3.68. The van der Waals surface area contributed by atoms with E-state index >= 15 is 0 Å². The van der Waals surface area contributed by atoms with Crippen LogP contribution in [0.5, 0.6) is 0 Å². The van der Waals surface area contributed by atoms with Crippen molar-refractivity contribution in [1.29, 1.82) is 0 Å². The predicted molar refractivity (Wildman–Crippen MR) is 115 cm³/mol. The third-order valence-electron chi connectivity index (χ3n) is 5.35. The molecule has 1 aliphatic rings. The quantitative estimate of drug-likeness (QED) is 0.485. The number of hydrogen-bond acceptors (Lipinski definition) is 9. The van der Waals surface area contributed by atoms with Crippen molar-refractivity contribution in [1.82, 2.24) is 25.3 Å². The molecular weight excluding hydrogens is 394 g/mol. The zero-order valence-electron chi connectivity index (χ0n) is 17.0. The number of nitrogens with one attached hydrogen (secondary N) is 1. The maximum absolute atomic E-state index is 6.09. The molecule has 158 valence electrons. The molecule has 0 spiro atoms. The summed E-state index contributed by atoms with van der Waals surface area (Å²) in [7, 11) is 0. The first-order valence-corrected chi connectivity index (χ1v) is 10.4. The van der Waals surface area contributed by atoms with E-state index in [-0.39, 0.29) is 6.10 Å². The first-order valence-electron chi connectivity index (χ1n) is 10.4. The Labute approximate surface area is 179 Å². The van der Waals surface area contributed by atoms with Gasteiger partial charge in [0.05, 0.1) is 12.7 Å². The minimum absolute atomic E-state index is 0.211. The highest BCUT2D eigenvalue weighted by atomic mass is 16.6. The second-order valence-corrected chi connectivity index (χ2v) is 7.51. The molecule has 0 unspecified atom stereocenters. The van der Waals surface area contributed by atoms with Crippen molar-refractivity contribution >= 4 is 22.9 Å². The van der Waals surface area contributed by atoms with E-state index in [9.17, 15) is 0 Å². The van der Waals surface area contributed by atoms with Gasteiger partial charge in [0, 0.05) is 32.0 Å². The molecular formula is C22H23N7O2. The van der Waals surface area contributed by atoms with E-state index in [4.69, 9.17) is 9.37 Å². The molecule has 0 saturated carbocycles. The van der Waals surface area contributed by atoms with Crippen LogP contribution in [0.15, 0.2) is 59.5 Å². The summed E-state index contributed by atoms with van der Waals surface area (Å²) in [5, 5.41) is 11.1. The molecule has 1 N–H and O–H groups in total. The van der Waals surface area contributed by atoms with Crippen molar-refractivity contribution in [3.63, 3.8) is 0 Å². The number of pyridine rings is 1. The Balaban J connectivity index is 1.27.